The largest absolute Gasteiger partial charge is 0.417 e. The van der Waals surface area contributed by atoms with Gasteiger partial charge in [-0.25, -0.2) is 0 Å². The zero-order valence-corrected chi connectivity index (χ0v) is 12.4. The zero-order valence-electron chi connectivity index (χ0n) is 11.5. The summed E-state index contributed by atoms with van der Waals surface area (Å²) in [6.45, 7) is 2.56. The van der Waals surface area contributed by atoms with Crippen molar-refractivity contribution in [3.63, 3.8) is 0 Å². The van der Waals surface area contributed by atoms with E-state index in [0.717, 1.165) is 18.9 Å². The van der Waals surface area contributed by atoms with Crippen LogP contribution >= 0.6 is 12.2 Å². The third-order valence-electron chi connectivity index (χ3n) is 3.45. The lowest BCUT2D eigenvalue weighted by Crippen LogP contribution is -2.32. The molecule has 0 radical (unpaired) electrons. The number of nitrogens with two attached hydrogens (primary N) is 1. The van der Waals surface area contributed by atoms with E-state index < -0.39 is 11.7 Å². The van der Waals surface area contributed by atoms with Gasteiger partial charge in [-0.3, -0.25) is 0 Å². The van der Waals surface area contributed by atoms with Crippen molar-refractivity contribution in [1.29, 1.82) is 0 Å². The Hall–Kier alpha value is -1.34. The number of halogens is 3. The van der Waals surface area contributed by atoms with Crippen molar-refractivity contribution in [2.75, 3.05) is 11.9 Å². The van der Waals surface area contributed by atoms with Crippen LogP contribution in [0.4, 0.5) is 18.9 Å². The highest BCUT2D eigenvalue weighted by molar-refractivity contribution is 7.80. The summed E-state index contributed by atoms with van der Waals surface area (Å²) in [5.41, 5.74) is 4.82. The Kier molecular flexibility index (Phi) is 4.73. The van der Waals surface area contributed by atoms with E-state index in [-0.39, 0.29) is 22.7 Å². The van der Waals surface area contributed by atoms with Gasteiger partial charge in [0.25, 0.3) is 0 Å². The zero-order chi connectivity index (χ0) is 15.6. The van der Waals surface area contributed by atoms with Gasteiger partial charge in [-0.15, -0.1) is 0 Å². The minimum atomic E-state index is -4.49. The summed E-state index contributed by atoms with van der Waals surface area (Å²) in [5, 5.41) is 3.13. The lowest BCUT2D eigenvalue weighted by molar-refractivity contribution is -0.137. The molecular formula is C14H17F3N2OS. The molecule has 1 aromatic rings. The fourth-order valence-electron chi connectivity index (χ4n) is 2.45. The van der Waals surface area contributed by atoms with Gasteiger partial charge in [0.15, 0.2) is 0 Å². The molecule has 7 heteroatoms. The third-order valence-corrected chi connectivity index (χ3v) is 3.67. The lowest BCUT2D eigenvalue weighted by Gasteiger charge is -2.29. The van der Waals surface area contributed by atoms with Gasteiger partial charge in [-0.1, -0.05) is 12.2 Å². The second-order valence-corrected chi connectivity index (χ2v) is 5.61. The SMILES string of the molecule is CC1CC(Nc2ccc(C(N)=S)c(C(F)(F)F)c2)CCO1. The van der Waals surface area contributed by atoms with E-state index in [2.05, 4.69) is 17.5 Å². The van der Waals surface area contributed by atoms with Gasteiger partial charge in [-0.2, -0.15) is 13.2 Å². The Morgan fingerprint density at radius 3 is 2.71 bits per heavy atom. The Labute approximate surface area is 126 Å². The Bertz CT molecular complexity index is 533. The van der Waals surface area contributed by atoms with E-state index >= 15 is 0 Å². The number of benzene rings is 1. The molecule has 3 nitrogen and oxygen atoms in total. The molecule has 0 saturated carbocycles. The highest BCUT2D eigenvalue weighted by Gasteiger charge is 2.34. The molecular weight excluding hydrogens is 301 g/mol. The molecule has 0 spiro atoms. The topological polar surface area (TPSA) is 47.3 Å². The summed E-state index contributed by atoms with van der Waals surface area (Å²) < 4.78 is 44.6. The highest BCUT2D eigenvalue weighted by Crippen LogP contribution is 2.34. The van der Waals surface area contributed by atoms with Gasteiger partial charge >= 0.3 is 6.18 Å². The van der Waals surface area contributed by atoms with Crippen LogP contribution < -0.4 is 11.1 Å². The summed E-state index contributed by atoms with van der Waals surface area (Å²) in [6, 6.07) is 4.06. The minimum absolute atomic E-state index is 0.102. The third kappa shape index (κ3) is 4.07. The number of rotatable bonds is 3. The van der Waals surface area contributed by atoms with Crippen molar-refractivity contribution >= 4 is 22.9 Å². The number of alkyl halides is 3. The van der Waals surface area contributed by atoms with Crippen LogP contribution in [0.2, 0.25) is 0 Å². The molecule has 2 unspecified atom stereocenters. The number of nitrogens with one attached hydrogen (secondary N) is 1. The van der Waals surface area contributed by atoms with Crippen molar-refractivity contribution in [3.8, 4) is 0 Å². The van der Waals surface area contributed by atoms with E-state index in [0.29, 0.717) is 12.3 Å². The summed E-state index contributed by atoms with van der Waals surface area (Å²) >= 11 is 4.68. The van der Waals surface area contributed by atoms with Crippen LogP contribution in [0.5, 0.6) is 0 Å². The molecule has 1 aliphatic heterocycles. The summed E-state index contributed by atoms with van der Waals surface area (Å²) in [5.74, 6) is 0. The van der Waals surface area contributed by atoms with Crippen LogP contribution in [0, 0.1) is 0 Å². The maximum Gasteiger partial charge on any atom is 0.417 e. The predicted molar refractivity (Wildman–Crippen MR) is 79.4 cm³/mol. The summed E-state index contributed by atoms with van der Waals surface area (Å²) in [7, 11) is 0. The average molecular weight is 318 g/mol. The number of thiocarbonyl (C=S) groups is 1. The number of hydrogen-bond acceptors (Lipinski definition) is 3. The minimum Gasteiger partial charge on any atom is -0.389 e. The molecule has 2 rings (SSSR count). The van der Waals surface area contributed by atoms with Crippen LogP contribution in [0.15, 0.2) is 18.2 Å². The molecule has 116 valence electrons. The molecule has 1 saturated heterocycles. The Morgan fingerprint density at radius 1 is 1.43 bits per heavy atom. The standard InChI is InChI=1S/C14H17F3N2OS/c1-8-6-10(4-5-20-8)19-9-2-3-11(13(18)21)12(7-9)14(15,16)17/h2-3,7-8,10,19H,4-6H2,1H3,(H2,18,21). The molecule has 2 atom stereocenters. The van der Waals surface area contributed by atoms with Crippen molar-refractivity contribution < 1.29 is 17.9 Å². The lowest BCUT2D eigenvalue weighted by atomic mass is 10.0. The molecule has 0 aliphatic carbocycles. The smallest absolute Gasteiger partial charge is 0.389 e. The van der Waals surface area contributed by atoms with Crippen LogP contribution in [0.3, 0.4) is 0 Å². The van der Waals surface area contributed by atoms with Crippen molar-refractivity contribution in [2.45, 2.75) is 38.1 Å². The molecule has 1 heterocycles. The summed E-state index contributed by atoms with van der Waals surface area (Å²) in [4.78, 5) is -0.256. The maximum atomic E-state index is 13.1. The van der Waals surface area contributed by atoms with Gasteiger partial charge in [0.1, 0.15) is 4.99 Å². The molecule has 1 aliphatic rings. The van der Waals surface area contributed by atoms with Gasteiger partial charge in [0.2, 0.25) is 0 Å². The second kappa shape index (κ2) is 6.19. The fraction of sp³-hybridized carbons (Fsp3) is 0.500. The molecule has 3 N–H and O–H groups in total. The van der Waals surface area contributed by atoms with Crippen LogP contribution in [-0.2, 0) is 10.9 Å². The van der Waals surface area contributed by atoms with E-state index in [1.807, 2.05) is 6.92 Å². The second-order valence-electron chi connectivity index (χ2n) is 5.17. The first-order chi connectivity index (χ1) is 9.77. The van der Waals surface area contributed by atoms with Gasteiger partial charge in [-0.05, 0) is 38.0 Å². The predicted octanol–water partition coefficient (Wildman–Crippen LogP) is 3.32. The first-order valence-electron chi connectivity index (χ1n) is 6.66. The normalized spacial score (nSPS) is 22.9. The van der Waals surface area contributed by atoms with Crippen molar-refractivity contribution in [3.05, 3.63) is 29.3 Å². The highest BCUT2D eigenvalue weighted by atomic mass is 32.1. The van der Waals surface area contributed by atoms with Crippen LogP contribution in [-0.4, -0.2) is 23.7 Å². The fourth-order valence-corrected chi connectivity index (χ4v) is 2.63. The average Bonchev–Trinajstić information content (AvgIpc) is 2.37. The van der Waals surface area contributed by atoms with Crippen molar-refractivity contribution in [1.82, 2.24) is 0 Å². The maximum absolute atomic E-state index is 13.1. The number of ether oxygens (including phenoxy) is 1. The first kappa shape index (κ1) is 16.0. The van der Waals surface area contributed by atoms with Gasteiger partial charge in [0.05, 0.1) is 11.7 Å². The number of anilines is 1. The van der Waals surface area contributed by atoms with Gasteiger partial charge in [0, 0.05) is 23.9 Å². The molecule has 0 bridgehead atoms. The Balaban J connectivity index is 2.23. The van der Waals surface area contributed by atoms with E-state index in [9.17, 15) is 13.2 Å². The van der Waals surface area contributed by atoms with Crippen LogP contribution in [0.25, 0.3) is 0 Å². The van der Waals surface area contributed by atoms with E-state index in [1.54, 1.807) is 6.07 Å². The summed E-state index contributed by atoms with van der Waals surface area (Å²) in [6.07, 6.45) is -2.85. The Morgan fingerprint density at radius 2 is 2.14 bits per heavy atom. The molecule has 1 fully saturated rings. The van der Waals surface area contributed by atoms with E-state index in [4.69, 9.17) is 10.5 Å². The van der Waals surface area contributed by atoms with Gasteiger partial charge < -0.3 is 15.8 Å². The number of hydrogen-bond donors (Lipinski definition) is 2. The van der Waals surface area contributed by atoms with E-state index in [1.165, 1.54) is 6.07 Å². The monoisotopic (exact) mass is 318 g/mol. The first-order valence-corrected chi connectivity index (χ1v) is 7.07. The quantitative estimate of drug-likeness (QED) is 0.839. The molecule has 21 heavy (non-hydrogen) atoms. The van der Waals surface area contributed by atoms with Crippen molar-refractivity contribution in [2.24, 2.45) is 5.73 Å². The van der Waals surface area contributed by atoms with Crippen LogP contribution in [0.1, 0.15) is 30.9 Å². The molecule has 1 aromatic carbocycles. The molecule has 0 amide bonds. The molecule has 0 aromatic heterocycles.